The Morgan fingerprint density at radius 1 is 1.09 bits per heavy atom. The van der Waals surface area contributed by atoms with E-state index in [-0.39, 0.29) is 17.1 Å². The Bertz CT molecular complexity index is 265. The van der Waals surface area contributed by atoms with Crippen LogP contribution >= 0.6 is 0 Å². The van der Waals surface area contributed by atoms with E-state index in [0.29, 0.717) is 0 Å². The molecule has 1 rings (SSSR count). The molecule has 0 radical (unpaired) electrons. The summed E-state index contributed by atoms with van der Waals surface area (Å²) >= 11 is 0. The number of nitrogens with zero attached hydrogens (tertiary/aromatic N) is 1. The number of hydroxylamine groups is 2. The Labute approximate surface area is 62.8 Å². The van der Waals surface area contributed by atoms with Crippen LogP contribution < -0.4 is 0 Å². The monoisotopic (exact) mass is 151 g/mol. The van der Waals surface area contributed by atoms with Crippen molar-refractivity contribution in [2.75, 3.05) is 0 Å². The van der Waals surface area contributed by atoms with E-state index in [1.807, 2.05) is 0 Å². The fraction of sp³-hybridized carbons (Fsp3) is 0. The van der Waals surface area contributed by atoms with Crippen molar-refractivity contribution in [2.45, 2.75) is 0 Å². The van der Waals surface area contributed by atoms with Crippen LogP contribution in [0.1, 0.15) is 0 Å². The Kier molecular flexibility index (Phi) is 1.84. The highest BCUT2D eigenvalue weighted by atomic mass is 16.8. The van der Waals surface area contributed by atoms with Crippen LogP contribution in [0.4, 0.5) is 0 Å². The van der Waals surface area contributed by atoms with Gasteiger partial charge in [0.05, 0.1) is 11.4 Å². The van der Waals surface area contributed by atoms with E-state index in [2.05, 4.69) is 0 Å². The van der Waals surface area contributed by atoms with E-state index in [0.717, 1.165) is 6.08 Å². The third-order valence-corrected chi connectivity index (χ3v) is 1.21. The summed E-state index contributed by atoms with van der Waals surface area (Å²) in [6.07, 6.45) is 3.50. The lowest BCUT2D eigenvalue weighted by Gasteiger charge is -2.39. The van der Waals surface area contributed by atoms with Crippen molar-refractivity contribution in [3.05, 3.63) is 34.3 Å². The molecule has 5 heteroatoms. The highest BCUT2D eigenvalue weighted by Gasteiger charge is 2.03. The summed E-state index contributed by atoms with van der Waals surface area (Å²) in [6.45, 7) is 0. The number of nitrogens with one attached hydrogen (secondary N) is 2. The first-order valence-electron chi connectivity index (χ1n) is 2.83. The maximum Gasteiger partial charge on any atom is 0.0809 e. The second-order valence-corrected chi connectivity index (χ2v) is 1.99. The summed E-state index contributed by atoms with van der Waals surface area (Å²) in [6, 6.07) is 0. The molecule has 0 aromatic rings. The van der Waals surface area contributed by atoms with Crippen LogP contribution in [0.15, 0.2) is 23.9 Å². The molecule has 58 valence electrons. The third kappa shape index (κ3) is 1.51. The zero-order chi connectivity index (χ0) is 8.43. The van der Waals surface area contributed by atoms with Gasteiger partial charge in [-0.1, -0.05) is 0 Å². The molecule has 0 aromatic carbocycles. The van der Waals surface area contributed by atoms with Gasteiger partial charge in [0.25, 0.3) is 0 Å². The zero-order valence-electron chi connectivity index (χ0n) is 5.50. The molecule has 0 fully saturated rings. The first-order valence-corrected chi connectivity index (χ1v) is 2.83. The first kappa shape index (κ1) is 7.64. The smallest absolute Gasteiger partial charge is 0.0809 e. The van der Waals surface area contributed by atoms with E-state index in [1.165, 1.54) is 12.2 Å². The Morgan fingerprint density at radius 2 is 1.73 bits per heavy atom. The lowest BCUT2D eigenvalue weighted by Crippen LogP contribution is -2.15. The van der Waals surface area contributed by atoms with E-state index in [4.69, 9.17) is 10.8 Å². The lowest BCUT2D eigenvalue weighted by atomic mass is 10.1. The van der Waals surface area contributed by atoms with Gasteiger partial charge in [-0.25, -0.2) is 0 Å². The topological polar surface area (TPSA) is 97.1 Å². The van der Waals surface area contributed by atoms with Gasteiger partial charge >= 0.3 is 0 Å². The third-order valence-electron chi connectivity index (χ3n) is 1.21. The molecule has 5 nitrogen and oxygen atoms in total. The van der Waals surface area contributed by atoms with Gasteiger partial charge in [0, 0.05) is 5.70 Å². The van der Waals surface area contributed by atoms with Crippen molar-refractivity contribution in [1.82, 2.24) is 5.23 Å². The molecule has 0 amide bonds. The summed E-state index contributed by atoms with van der Waals surface area (Å²) in [5.41, 5.74) is -0.277. The molecule has 0 unspecified atom stereocenters. The Balaban J connectivity index is 2.89. The van der Waals surface area contributed by atoms with E-state index < -0.39 is 5.23 Å². The molecular weight excluding hydrogens is 146 g/mol. The van der Waals surface area contributed by atoms with Gasteiger partial charge in [0.1, 0.15) is 0 Å². The minimum absolute atomic E-state index is 0.00407. The van der Waals surface area contributed by atoms with Crippen LogP contribution in [-0.2, 0) is 0 Å². The van der Waals surface area contributed by atoms with Crippen LogP contribution in [0.2, 0.25) is 0 Å². The molecule has 0 saturated carbocycles. The summed E-state index contributed by atoms with van der Waals surface area (Å²) < 4.78 is 0. The molecule has 0 bridgehead atoms. The quantitative estimate of drug-likeness (QED) is 0.428. The van der Waals surface area contributed by atoms with Gasteiger partial charge in [0.2, 0.25) is 0 Å². The van der Waals surface area contributed by atoms with Crippen molar-refractivity contribution in [1.29, 1.82) is 10.8 Å². The largest absolute Gasteiger partial charge is 0.769 e. The standard InChI is InChI=1S/C6H5N3O2/c7-5-2-1-4(9(10)11)3-6(5)8/h1-3,7-8H/q-2. The van der Waals surface area contributed by atoms with E-state index in [9.17, 15) is 10.4 Å². The average Bonchev–Trinajstić information content (AvgIpc) is 1.94. The molecule has 11 heavy (non-hydrogen) atoms. The summed E-state index contributed by atoms with van der Waals surface area (Å²) in [7, 11) is 0. The molecular formula is C6H5N3O2-2. The van der Waals surface area contributed by atoms with Crippen LogP contribution in [0.25, 0.3) is 0 Å². The van der Waals surface area contributed by atoms with Gasteiger partial charge in [-0.2, -0.15) is 0 Å². The molecule has 0 saturated heterocycles. The average molecular weight is 151 g/mol. The van der Waals surface area contributed by atoms with Crippen molar-refractivity contribution in [3.8, 4) is 0 Å². The zero-order valence-corrected chi connectivity index (χ0v) is 5.50. The summed E-state index contributed by atoms with van der Waals surface area (Å²) in [5.74, 6) is 0. The molecule has 0 spiro atoms. The molecule has 0 aromatic heterocycles. The van der Waals surface area contributed by atoms with E-state index >= 15 is 0 Å². The summed E-state index contributed by atoms with van der Waals surface area (Å²) in [4.78, 5) is 0. The first-order chi connectivity index (χ1) is 5.11. The van der Waals surface area contributed by atoms with Crippen LogP contribution in [0, 0.1) is 21.2 Å². The number of allylic oxidation sites excluding steroid dienone is 3. The second kappa shape index (κ2) is 2.65. The molecule has 2 N–H and O–H groups in total. The van der Waals surface area contributed by atoms with E-state index in [1.54, 1.807) is 0 Å². The maximum absolute atomic E-state index is 10.1. The molecule has 1 aliphatic carbocycles. The van der Waals surface area contributed by atoms with Gasteiger partial charge < -0.3 is 15.6 Å². The van der Waals surface area contributed by atoms with Crippen LogP contribution in [-0.4, -0.2) is 16.6 Å². The van der Waals surface area contributed by atoms with Gasteiger partial charge in [-0.3, -0.25) is 10.8 Å². The Morgan fingerprint density at radius 3 is 2.18 bits per heavy atom. The highest BCUT2D eigenvalue weighted by Crippen LogP contribution is 2.07. The van der Waals surface area contributed by atoms with Crippen molar-refractivity contribution >= 4 is 11.4 Å². The number of rotatable bonds is 1. The fourth-order valence-corrected chi connectivity index (χ4v) is 0.646. The minimum atomic E-state index is -0.586. The fourth-order valence-electron chi connectivity index (χ4n) is 0.646. The predicted octanol–water partition coefficient (Wildman–Crippen LogP) is 0.777. The maximum atomic E-state index is 10.1. The minimum Gasteiger partial charge on any atom is -0.769 e. The van der Waals surface area contributed by atoms with Crippen LogP contribution in [0.3, 0.4) is 0 Å². The molecule has 1 aliphatic rings. The second-order valence-electron chi connectivity index (χ2n) is 1.99. The van der Waals surface area contributed by atoms with Gasteiger partial charge in [-0.15, -0.1) is 0 Å². The SMILES string of the molecule is N=C1C=CC(N([O-])[O-])=CC1=N. The number of hydrogen-bond acceptors (Lipinski definition) is 5. The van der Waals surface area contributed by atoms with Crippen molar-refractivity contribution < 1.29 is 0 Å². The lowest BCUT2D eigenvalue weighted by molar-refractivity contribution is 0.662. The highest BCUT2D eigenvalue weighted by molar-refractivity contribution is 6.49. The number of hydrogen-bond donors (Lipinski definition) is 2. The van der Waals surface area contributed by atoms with Crippen LogP contribution in [0.5, 0.6) is 0 Å². The van der Waals surface area contributed by atoms with Gasteiger partial charge in [0.15, 0.2) is 0 Å². The van der Waals surface area contributed by atoms with Gasteiger partial charge in [-0.05, 0) is 18.2 Å². The van der Waals surface area contributed by atoms with Crippen molar-refractivity contribution in [3.63, 3.8) is 0 Å². The molecule has 0 aliphatic heterocycles. The predicted molar refractivity (Wildman–Crippen MR) is 41.2 cm³/mol. The normalized spacial score (nSPS) is 16.7. The molecule has 0 atom stereocenters. The van der Waals surface area contributed by atoms with Crippen molar-refractivity contribution in [2.24, 2.45) is 0 Å². The summed E-state index contributed by atoms with van der Waals surface area (Å²) in [5, 5.41) is 33.8. The Hall–Kier alpha value is -1.46. The molecule has 0 heterocycles.